The second-order valence-electron chi connectivity index (χ2n) is 4.35. The Morgan fingerprint density at radius 1 is 0.882 bits per heavy atom. The topological polar surface area (TPSA) is 30.5 Å². The van der Waals surface area contributed by atoms with Crippen LogP contribution in [0, 0.1) is 0 Å². The molecule has 4 heteroatoms. The number of hydrogen-bond donors (Lipinski definition) is 2. The molecule has 2 atom stereocenters. The van der Waals surface area contributed by atoms with E-state index < -0.39 is 0 Å². The zero-order chi connectivity index (χ0) is 13.3. The van der Waals surface area contributed by atoms with Gasteiger partial charge in [-0.2, -0.15) is 0 Å². The fourth-order valence-corrected chi connectivity index (χ4v) is 1.09. The largest absolute Gasteiger partial charge is 0.370 e. The van der Waals surface area contributed by atoms with Crippen molar-refractivity contribution in [2.45, 2.75) is 46.4 Å². The van der Waals surface area contributed by atoms with Crippen molar-refractivity contribution in [1.29, 1.82) is 0 Å². The normalized spacial score (nSPS) is 24.4. The van der Waals surface area contributed by atoms with Gasteiger partial charge in [0.25, 0.3) is 0 Å². The molecule has 0 aromatic carbocycles. The molecule has 0 bridgehead atoms. The third kappa shape index (κ3) is 6.76. The van der Waals surface area contributed by atoms with Gasteiger partial charge in [-0.15, -0.1) is 0 Å². The SMILES string of the molecule is CC1NC=CN1C.CC1NC=CN1C.CCC. The van der Waals surface area contributed by atoms with Gasteiger partial charge in [-0.05, 0) is 13.8 Å². The van der Waals surface area contributed by atoms with Gasteiger partial charge in [-0.25, -0.2) is 0 Å². The molecule has 2 aliphatic heterocycles. The zero-order valence-electron chi connectivity index (χ0n) is 12.1. The molecule has 2 rings (SSSR count). The number of nitrogens with one attached hydrogen (secondary N) is 2. The third-order valence-electron chi connectivity index (χ3n) is 2.52. The lowest BCUT2D eigenvalue weighted by atomic mass is 10.6. The van der Waals surface area contributed by atoms with Crippen LogP contribution in [0.4, 0.5) is 0 Å². The van der Waals surface area contributed by atoms with Crippen LogP contribution in [0.2, 0.25) is 0 Å². The number of rotatable bonds is 0. The van der Waals surface area contributed by atoms with E-state index in [1.54, 1.807) is 0 Å². The molecule has 100 valence electrons. The van der Waals surface area contributed by atoms with E-state index in [-0.39, 0.29) is 0 Å². The third-order valence-corrected chi connectivity index (χ3v) is 2.52. The van der Waals surface area contributed by atoms with E-state index >= 15 is 0 Å². The Morgan fingerprint density at radius 2 is 1.18 bits per heavy atom. The summed E-state index contributed by atoms with van der Waals surface area (Å²) in [4.78, 5) is 4.22. The van der Waals surface area contributed by atoms with Gasteiger partial charge in [0.05, 0.1) is 12.3 Å². The Hall–Kier alpha value is -1.32. The van der Waals surface area contributed by atoms with Crippen LogP contribution in [0.15, 0.2) is 24.8 Å². The van der Waals surface area contributed by atoms with Crippen LogP contribution in [0.25, 0.3) is 0 Å². The van der Waals surface area contributed by atoms with Crippen LogP contribution in [-0.4, -0.2) is 36.2 Å². The summed E-state index contributed by atoms with van der Waals surface area (Å²) in [6.07, 6.45) is 10.2. The summed E-state index contributed by atoms with van der Waals surface area (Å²) < 4.78 is 0. The van der Waals surface area contributed by atoms with Crippen molar-refractivity contribution in [3.8, 4) is 0 Å². The summed E-state index contributed by atoms with van der Waals surface area (Å²) in [6, 6.07) is 0. The first-order valence-electron chi connectivity index (χ1n) is 6.32. The smallest absolute Gasteiger partial charge is 0.0949 e. The molecule has 0 fully saturated rings. The summed E-state index contributed by atoms with van der Waals surface area (Å²) in [5, 5.41) is 6.23. The Kier molecular flexibility index (Phi) is 8.11. The standard InChI is InChI=1S/2C5H10N2.C3H8/c2*1-5-6-3-4-7(5)2;1-3-2/h2*3-6H,1-2H3;3H2,1-2H3. The lowest BCUT2D eigenvalue weighted by Gasteiger charge is -2.14. The quantitative estimate of drug-likeness (QED) is 0.679. The minimum absolute atomic E-state index is 0.486. The summed E-state index contributed by atoms with van der Waals surface area (Å²) in [7, 11) is 4.09. The first-order valence-corrected chi connectivity index (χ1v) is 6.32. The predicted octanol–water partition coefficient (Wildman–Crippen LogP) is 2.09. The molecule has 2 unspecified atom stereocenters. The maximum absolute atomic E-state index is 3.11. The molecule has 0 saturated carbocycles. The summed E-state index contributed by atoms with van der Waals surface area (Å²) >= 11 is 0. The summed E-state index contributed by atoms with van der Waals surface area (Å²) in [5.74, 6) is 0. The molecular weight excluding hydrogens is 212 g/mol. The Balaban J connectivity index is 0.000000247. The molecular formula is C13H28N4. The number of hydrogen-bond acceptors (Lipinski definition) is 4. The highest BCUT2D eigenvalue weighted by Gasteiger charge is 2.05. The molecule has 2 aliphatic rings. The van der Waals surface area contributed by atoms with Gasteiger partial charge in [-0.3, -0.25) is 0 Å². The van der Waals surface area contributed by atoms with Gasteiger partial charge in [-0.1, -0.05) is 20.3 Å². The number of nitrogens with zero attached hydrogens (tertiary/aromatic N) is 2. The monoisotopic (exact) mass is 240 g/mol. The van der Waals surface area contributed by atoms with Gasteiger partial charge in [0.15, 0.2) is 0 Å². The Labute approximate surface area is 106 Å². The zero-order valence-corrected chi connectivity index (χ0v) is 12.1. The van der Waals surface area contributed by atoms with E-state index in [4.69, 9.17) is 0 Å². The second kappa shape index (κ2) is 8.79. The lowest BCUT2D eigenvalue weighted by molar-refractivity contribution is 0.356. The van der Waals surface area contributed by atoms with Crippen molar-refractivity contribution in [2.24, 2.45) is 0 Å². The Morgan fingerprint density at radius 3 is 1.24 bits per heavy atom. The molecule has 0 aliphatic carbocycles. The van der Waals surface area contributed by atoms with E-state index in [0.717, 1.165) is 0 Å². The predicted molar refractivity (Wildman–Crippen MR) is 75.0 cm³/mol. The van der Waals surface area contributed by atoms with Gasteiger partial charge < -0.3 is 20.4 Å². The van der Waals surface area contributed by atoms with Gasteiger partial charge in [0.1, 0.15) is 0 Å². The minimum atomic E-state index is 0.486. The van der Waals surface area contributed by atoms with Crippen molar-refractivity contribution in [2.75, 3.05) is 14.1 Å². The molecule has 2 heterocycles. The van der Waals surface area contributed by atoms with Crippen molar-refractivity contribution in [3.05, 3.63) is 24.8 Å². The molecule has 0 amide bonds. The van der Waals surface area contributed by atoms with E-state index in [9.17, 15) is 0 Å². The molecule has 0 saturated heterocycles. The van der Waals surface area contributed by atoms with Crippen LogP contribution < -0.4 is 10.6 Å². The van der Waals surface area contributed by atoms with Crippen LogP contribution >= 0.6 is 0 Å². The average molecular weight is 240 g/mol. The van der Waals surface area contributed by atoms with Crippen LogP contribution in [-0.2, 0) is 0 Å². The maximum atomic E-state index is 3.11. The molecule has 0 spiro atoms. The Bertz CT molecular complexity index is 214. The van der Waals surface area contributed by atoms with Crippen LogP contribution in [0.5, 0.6) is 0 Å². The molecule has 2 N–H and O–H groups in total. The highest BCUT2D eigenvalue weighted by molar-refractivity contribution is 4.90. The first kappa shape index (κ1) is 15.7. The molecule has 17 heavy (non-hydrogen) atoms. The second-order valence-corrected chi connectivity index (χ2v) is 4.35. The fourth-order valence-electron chi connectivity index (χ4n) is 1.09. The lowest BCUT2D eigenvalue weighted by Crippen LogP contribution is -2.28. The summed E-state index contributed by atoms with van der Waals surface area (Å²) in [6.45, 7) is 8.47. The fraction of sp³-hybridized carbons (Fsp3) is 0.692. The highest BCUT2D eigenvalue weighted by Crippen LogP contribution is 1.97. The minimum Gasteiger partial charge on any atom is -0.370 e. The van der Waals surface area contributed by atoms with E-state index in [1.165, 1.54) is 6.42 Å². The van der Waals surface area contributed by atoms with Crippen molar-refractivity contribution < 1.29 is 0 Å². The van der Waals surface area contributed by atoms with Crippen molar-refractivity contribution in [1.82, 2.24) is 20.4 Å². The summed E-state index contributed by atoms with van der Waals surface area (Å²) in [5.41, 5.74) is 0. The van der Waals surface area contributed by atoms with Crippen molar-refractivity contribution >= 4 is 0 Å². The molecule has 0 radical (unpaired) electrons. The molecule has 0 aromatic rings. The van der Waals surface area contributed by atoms with Crippen LogP contribution in [0.1, 0.15) is 34.1 Å². The van der Waals surface area contributed by atoms with Crippen LogP contribution in [0.3, 0.4) is 0 Å². The van der Waals surface area contributed by atoms with E-state index in [2.05, 4.69) is 48.1 Å². The van der Waals surface area contributed by atoms with E-state index in [0.29, 0.717) is 12.3 Å². The molecule has 0 aromatic heterocycles. The average Bonchev–Trinajstić information content (AvgIpc) is 2.81. The molecule has 4 nitrogen and oxygen atoms in total. The van der Waals surface area contributed by atoms with Crippen molar-refractivity contribution in [3.63, 3.8) is 0 Å². The van der Waals surface area contributed by atoms with Gasteiger partial charge in [0.2, 0.25) is 0 Å². The maximum Gasteiger partial charge on any atom is 0.0949 e. The van der Waals surface area contributed by atoms with E-state index in [1.807, 2.05) is 38.9 Å². The highest BCUT2D eigenvalue weighted by atomic mass is 15.3. The first-order chi connectivity index (χ1) is 8.02. The van der Waals surface area contributed by atoms with Gasteiger partial charge >= 0.3 is 0 Å². The van der Waals surface area contributed by atoms with Gasteiger partial charge in [0, 0.05) is 38.9 Å².